The first-order valence-corrected chi connectivity index (χ1v) is 6.03. The third kappa shape index (κ3) is 2.74. The number of anilines is 1. The predicted octanol–water partition coefficient (Wildman–Crippen LogP) is -1.61. The van der Waals surface area contributed by atoms with Gasteiger partial charge in [0.15, 0.2) is 28.8 Å². The van der Waals surface area contributed by atoms with Crippen LogP contribution in [0.3, 0.4) is 0 Å². The lowest BCUT2D eigenvalue weighted by Gasteiger charge is -2.27. The molecule has 0 amide bonds. The summed E-state index contributed by atoms with van der Waals surface area (Å²) in [6.45, 7) is 0. The van der Waals surface area contributed by atoms with E-state index in [0.29, 0.717) is 0 Å². The van der Waals surface area contributed by atoms with Gasteiger partial charge in [0.25, 0.3) is 0 Å². The van der Waals surface area contributed by atoms with Crippen molar-refractivity contribution in [2.24, 2.45) is 0 Å². The van der Waals surface area contributed by atoms with Crippen LogP contribution in [0.5, 0.6) is 0 Å². The molecule has 7 N–H and O–H groups in total. The molecule has 2 rings (SSSR count). The van der Waals surface area contributed by atoms with E-state index < -0.39 is 41.7 Å². The Morgan fingerprint density at radius 2 is 1.91 bits per heavy atom. The van der Waals surface area contributed by atoms with E-state index >= 15 is 0 Å². The van der Waals surface area contributed by atoms with Crippen LogP contribution in [0.25, 0.3) is 11.2 Å². The monoisotopic (exact) mass is 325 g/mol. The molecule has 0 saturated heterocycles. The quantitative estimate of drug-likeness (QED) is 0.355. The number of nitrogens with zero attached hydrogens (tertiary/aromatic N) is 3. The van der Waals surface area contributed by atoms with Gasteiger partial charge in [-0.15, -0.1) is 0 Å². The number of aromatic nitrogens is 4. The topological polar surface area (TPSA) is 213 Å². The number of nitrogens with one attached hydrogen (secondary N) is 1. The standard InChI is InChI=1S/C11H11N5O7/c12-6-5-8(14-2-13-5)16-7(15-6)4(9(19)20)11(23,10(21)22)1-3(17)18/h2,4,23H,1H2,(H,17,18)(H,19,20)(H,21,22)(H3,12,13,14,15,16). The summed E-state index contributed by atoms with van der Waals surface area (Å²) in [4.78, 5) is 47.3. The molecule has 2 unspecified atom stereocenters. The molecule has 0 bridgehead atoms. The number of hydrogen-bond donors (Lipinski definition) is 6. The first-order chi connectivity index (χ1) is 10.7. The molecule has 0 spiro atoms. The summed E-state index contributed by atoms with van der Waals surface area (Å²) in [6.07, 6.45) is -0.170. The molecule has 0 saturated carbocycles. The third-order valence-electron chi connectivity index (χ3n) is 3.10. The smallest absolute Gasteiger partial charge is 0.337 e. The number of fused-ring (bicyclic) bond motifs is 1. The van der Waals surface area contributed by atoms with Crippen LogP contribution in [0.1, 0.15) is 18.2 Å². The van der Waals surface area contributed by atoms with E-state index in [4.69, 9.17) is 15.9 Å². The van der Waals surface area contributed by atoms with Gasteiger partial charge in [0.05, 0.1) is 12.7 Å². The zero-order valence-electron chi connectivity index (χ0n) is 11.3. The minimum Gasteiger partial charge on any atom is -0.481 e. The summed E-state index contributed by atoms with van der Waals surface area (Å²) in [7, 11) is 0. The Balaban J connectivity index is 2.65. The van der Waals surface area contributed by atoms with Gasteiger partial charge in [-0.1, -0.05) is 0 Å². The fraction of sp³-hybridized carbons (Fsp3) is 0.273. The van der Waals surface area contributed by atoms with Crippen LogP contribution in [-0.4, -0.2) is 63.9 Å². The molecule has 2 aromatic heterocycles. The molecule has 12 heteroatoms. The van der Waals surface area contributed by atoms with Crippen molar-refractivity contribution in [2.75, 3.05) is 5.73 Å². The molecule has 0 aliphatic carbocycles. The number of hydrogen-bond acceptors (Lipinski definition) is 8. The maximum atomic E-state index is 11.5. The molecule has 2 aromatic rings. The molecule has 0 aliphatic rings. The summed E-state index contributed by atoms with van der Waals surface area (Å²) in [5.74, 6) is -8.74. The first-order valence-electron chi connectivity index (χ1n) is 6.03. The van der Waals surface area contributed by atoms with Gasteiger partial charge in [-0.2, -0.15) is 0 Å². The fourth-order valence-corrected chi connectivity index (χ4v) is 2.06. The Hall–Kier alpha value is -3.28. The van der Waals surface area contributed by atoms with E-state index in [9.17, 15) is 24.6 Å². The Morgan fingerprint density at radius 1 is 1.26 bits per heavy atom. The Labute approximate surface area is 126 Å². The van der Waals surface area contributed by atoms with Crippen molar-refractivity contribution in [2.45, 2.75) is 17.9 Å². The van der Waals surface area contributed by atoms with E-state index in [0.717, 1.165) is 0 Å². The summed E-state index contributed by atoms with van der Waals surface area (Å²) in [5.41, 5.74) is 2.56. The minimum atomic E-state index is -3.17. The van der Waals surface area contributed by atoms with Gasteiger partial charge < -0.3 is 31.1 Å². The second kappa shape index (κ2) is 5.49. The van der Waals surface area contributed by atoms with Crippen LogP contribution >= 0.6 is 0 Å². The molecule has 2 atom stereocenters. The summed E-state index contributed by atoms with van der Waals surface area (Å²) in [6, 6.07) is 0. The largest absolute Gasteiger partial charge is 0.481 e. The summed E-state index contributed by atoms with van der Waals surface area (Å²) < 4.78 is 0. The van der Waals surface area contributed by atoms with Gasteiger partial charge in [-0.3, -0.25) is 9.59 Å². The van der Waals surface area contributed by atoms with Crippen molar-refractivity contribution in [1.82, 2.24) is 19.9 Å². The fourth-order valence-electron chi connectivity index (χ4n) is 2.06. The van der Waals surface area contributed by atoms with Gasteiger partial charge in [-0.25, -0.2) is 19.7 Å². The van der Waals surface area contributed by atoms with Gasteiger partial charge in [0, 0.05) is 0 Å². The number of aliphatic carboxylic acids is 3. The van der Waals surface area contributed by atoms with Gasteiger partial charge in [0.2, 0.25) is 0 Å². The molecule has 12 nitrogen and oxygen atoms in total. The number of carboxylic acids is 3. The molecular formula is C11H11N5O7. The predicted molar refractivity (Wildman–Crippen MR) is 71.3 cm³/mol. The molecule has 2 heterocycles. The van der Waals surface area contributed by atoms with E-state index in [-0.39, 0.29) is 17.0 Å². The number of carbonyl (C=O) groups is 3. The zero-order valence-corrected chi connectivity index (χ0v) is 11.3. The second-order valence-electron chi connectivity index (χ2n) is 4.64. The Bertz CT molecular complexity index is 803. The Kier molecular flexibility index (Phi) is 3.84. The number of nitrogen functional groups attached to an aromatic ring is 1. The van der Waals surface area contributed by atoms with Crippen molar-refractivity contribution in [1.29, 1.82) is 0 Å². The lowest BCUT2D eigenvalue weighted by Crippen LogP contribution is -2.49. The molecule has 0 aliphatic heterocycles. The van der Waals surface area contributed by atoms with Crippen molar-refractivity contribution >= 4 is 34.9 Å². The van der Waals surface area contributed by atoms with Crippen molar-refractivity contribution < 1.29 is 34.8 Å². The molecule has 0 radical (unpaired) electrons. The highest BCUT2D eigenvalue weighted by atomic mass is 16.4. The van der Waals surface area contributed by atoms with Gasteiger partial charge in [0.1, 0.15) is 5.52 Å². The van der Waals surface area contributed by atoms with Gasteiger partial charge >= 0.3 is 17.9 Å². The SMILES string of the molecule is Nc1nc(C(C(=O)O)C(O)(CC(=O)O)C(=O)O)nc2nc[nH]c12. The van der Waals surface area contributed by atoms with E-state index in [1.54, 1.807) is 0 Å². The lowest BCUT2D eigenvalue weighted by molar-refractivity contribution is -0.173. The summed E-state index contributed by atoms with van der Waals surface area (Å²) in [5, 5.41) is 37.3. The second-order valence-corrected chi connectivity index (χ2v) is 4.64. The molecular weight excluding hydrogens is 314 g/mol. The van der Waals surface area contributed by atoms with Crippen molar-refractivity contribution in [3.05, 3.63) is 12.2 Å². The number of nitrogens with two attached hydrogens (primary N) is 1. The minimum absolute atomic E-state index is 0.0539. The number of carboxylic acid groups (broad SMARTS) is 3. The van der Waals surface area contributed by atoms with Crippen molar-refractivity contribution in [3.8, 4) is 0 Å². The lowest BCUT2D eigenvalue weighted by atomic mass is 9.83. The number of aliphatic hydroxyl groups is 1. The molecule has 0 aromatic carbocycles. The van der Waals surface area contributed by atoms with Crippen LogP contribution in [-0.2, 0) is 14.4 Å². The third-order valence-corrected chi connectivity index (χ3v) is 3.10. The van der Waals surface area contributed by atoms with Gasteiger partial charge in [-0.05, 0) is 0 Å². The molecule has 23 heavy (non-hydrogen) atoms. The van der Waals surface area contributed by atoms with Crippen LogP contribution in [0.15, 0.2) is 6.33 Å². The van der Waals surface area contributed by atoms with Crippen LogP contribution in [0, 0.1) is 0 Å². The van der Waals surface area contributed by atoms with E-state index in [1.807, 2.05) is 0 Å². The van der Waals surface area contributed by atoms with Crippen LogP contribution in [0.2, 0.25) is 0 Å². The maximum absolute atomic E-state index is 11.5. The van der Waals surface area contributed by atoms with Crippen molar-refractivity contribution in [3.63, 3.8) is 0 Å². The zero-order chi connectivity index (χ0) is 17.4. The number of imidazole rings is 1. The highest BCUT2D eigenvalue weighted by Crippen LogP contribution is 2.31. The molecule has 0 fully saturated rings. The highest BCUT2D eigenvalue weighted by molar-refractivity contribution is 5.92. The van der Waals surface area contributed by atoms with Crippen LogP contribution in [0.4, 0.5) is 5.82 Å². The number of aromatic amines is 1. The van der Waals surface area contributed by atoms with Crippen LogP contribution < -0.4 is 5.73 Å². The average molecular weight is 325 g/mol. The number of rotatable bonds is 6. The summed E-state index contributed by atoms with van der Waals surface area (Å²) >= 11 is 0. The first kappa shape index (κ1) is 16.1. The van der Waals surface area contributed by atoms with E-state index in [1.165, 1.54) is 6.33 Å². The normalized spacial score (nSPS) is 15.0. The average Bonchev–Trinajstić information content (AvgIpc) is 2.85. The highest BCUT2D eigenvalue weighted by Gasteiger charge is 2.52. The number of H-pyrrole nitrogens is 1. The maximum Gasteiger partial charge on any atom is 0.337 e. The molecule has 122 valence electrons. The Morgan fingerprint density at radius 3 is 2.43 bits per heavy atom. The van der Waals surface area contributed by atoms with E-state index in [2.05, 4.69) is 19.9 Å².